The zero-order valence-electron chi connectivity index (χ0n) is 7.14. The fourth-order valence-corrected chi connectivity index (χ4v) is 2.19. The zero-order chi connectivity index (χ0) is 8.55. The molecule has 2 rings (SSSR count). The second kappa shape index (κ2) is 2.79. The molecule has 1 aromatic heterocycles. The molecule has 3 nitrogen and oxygen atoms in total. The van der Waals surface area contributed by atoms with Crippen molar-refractivity contribution < 1.29 is 0 Å². The highest BCUT2D eigenvalue weighted by atomic mass is 32.1. The van der Waals surface area contributed by atoms with Crippen LogP contribution in [0, 0.1) is 13.8 Å². The summed E-state index contributed by atoms with van der Waals surface area (Å²) >= 11 is 1.73. The van der Waals surface area contributed by atoms with E-state index in [4.69, 9.17) is 0 Å². The van der Waals surface area contributed by atoms with Crippen molar-refractivity contribution >= 4 is 17.0 Å². The Morgan fingerprint density at radius 1 is 1.50 bits per heavy atom. The van der Waals surface area contributed by atoms with Crippen LogP contribution < -0.4 is 10.6 Å². The van der Waals surface area contributed by atoms with Crippen molar-refractivity contribution in [3.8, 4) is 0 Å². The predicted octanol–water partition coefficient (Wildman–Crippen LogP) is 1.21. The van der Waals surface area contributed by atoms with Crippen LogP contribution in [0.3, 0.4) is 0 Å². The Balaban J connectivity index is 2.38. The zero-order valence-corrected chi connectivity index (χ0v) is 7.96. The lowest BCUT2D eigenvalue weighted by molar-refractivity contribution is 0.843. The summed E-state index contributed by atoms with van der Waals surface area (Å²) < 4.78 is 0. The Morgan fingerprint density at radius 3 is 2.83 bits per heavy atom. The van der Waals surface area contributed by atoms with Gasteiger partial charge in [0.1, 0.15) is 0 Å². The second-order valence-corrected chi connectivity index (χ2v) is 3.97. The number of nitrogens with zero attached hydrogens (tertiary/aromatic N) is 1. The Hall–Kier alpha value is -1.03. The molecule has 0 bridgehead atoms. The molecule has 0 fully saturated rings. The average molecular weight is 181 g/mol. The summed E-state index contributed by atoms with van der Waals surface area (Å²) in [4.78, 5) is 5.61. The molecule has 64 valence electrons. The molecule has 2 heterocycles. The van der Waals surface area contributed by atoms with Crippen LogP contribution in [0.15, 0.2) is 6.20 Å². The van der Waals surface area contributed by atoms with Crippen molar-refractivity contribution in [3.63, 3.8) is 0 Å². The van der Waals surface area contributed by atoms with Gasteiger partial charge in [0, 0.05) is 6.20 Å². The monoisotopic (exact) mass is 181 g/mol. The largest absolute Gasteiger partial charge is 0.372 e. The lowest BCUT2D eigenvalue weighted by atomic mass is 10.3. The van der Waals surface area contributed by atoms with Gasteiger partial charge >= 0.3 is 0 Å². The number of hydrogen-bond acceptors (Lipinski definition) is 4. The first-order valence-electron chi connectivity index (χ1n) is 3.89. The van der Waals surface area contributed by atoms with E-state index >= 15 is 0 Å². The molecule has 0 unspecified atom stereocenters. The molecule has 1 aliphatic rings. The smallest absolute Gasteiger partial charge is 0.0904 e. The van der Waals surface area contributed by atoms with Crippen molar-refractivity contribution in [2.24, 2.45) is 0 Å². The van der Waals surface area contributed by atoms with Gasteiger partial charge in [0.15, 0.2) is 0 Å². The third-order valence-electron chi connectivity index (χ3n) is 1.78. The molecule has 0 aromatic carbocycles. The van der Waals surface area contributed by atoms with Gasteiger partial charge in [-0.1, -0.05) is 0 Å². The summed E-state index contributed by atoms with van der Waals surface area (Å²) in [6, 6.07) is 0. The van der Waals surface area contributed by atoms with Gasteiger partial charge in [0.2, 0.25) is 0 Å². The first kappa shape index (κ1) is 7.61. The van der Waals surface area contributed by atoms with E-state index in [1.54, 1.807) is 11.3 Å². The van der Waals surface area contributed by atoms with Gasteiger partial charge < -0.3 is 10.6 Å². The fraction of sp³-hybridized carbons (Fsp3) is 0.375. The molecule has 1 aliphatic heterocycles. The quantitative estimate of drug-likeness (QED) is 0.683. The third-order valence-corrected chi connectivity index (χ3v) is 2.88. The van der Waals surface area contributed by atoms with Crippen LogP contribution in [0.25, 0.3) is 5.70 Å². The number of aromatic nitrogens is 1. The predicted molar refractivity (Wildman–Crippen MR) is 50.7 cm³/mol. The van der Waals surface area contributed by atoms with Crippen molar-refractivity contribution in [3.05, 3.63) is 21.8 Å². The van der Waals surface area contributed by atoms with E-state index < -0.39 is 0 Å². The fourth-order valence-electron chi connectivity index (χ4n) is 1.28. The maximum Gasteiger partial charge on any atom is 0.0904 e. The van der Waals surface area contributed by atoms with Crippen molar-refractivity contribution in [2.45, 2.75) is 13.8 Å². The average Bonchev–Trinajstić information content (AvgIpc) is 2.58. The lowest BCUT2D eigenvalue weighted by Gasteiger charge is -1.98. The molecule has 0 radical (unpaired) electrons. The molecule has 4 heteroatoms. The van der Waals surface area contributed by atoms with Gasteiger partial charge in [-0.2, -0.15) is 0 Å². The highest BCUT2D eigenvalue weighted by Crippen LogP contribution is 2.24. The van der Waals surface area contributed by atoms with Crippen LogP contribution in [0.1, 0.15) is 15.6 Å². The molecule has 0 atom stereocenters. The van der Waals surface area contributed by atoms with Crippen molar-refractivity contribution in [1.82, 2.24) is 15.6 Å². The van der Waals surface area contributed by atoms with Gasteiger partial charge in [-0.05, 0) is 13.8 Å². The summed E-state index contributed by atoms with van der Waals surface area (Å²) in [6.07, 6.45) is 2.00. The summed E-state index contributed by atoms with van der Waals surface area (Å²) in [7, 11) is 0. The summed E-state index contributed by atoms with van der Waals surface area (Å²) in [6.45, 7) is 4.90. The summed E-state index contributed by atoms with van der Waals surface area (Å²) in [5.41, 5.74) is 2.28. The Morgan fingerprint density at radius 2 is 2.33 bits per heavy atom. The van der Waals surface area contributed by atoms with E-state index in [1.165, 1.54) is 4.88 Å². The third kappa shape index (κ3) is 1.18. The van der Waals surface area contributed by atoms with Crippen molar-refractivity contribution in [1.29, 1.82) is 0 Å². The van der Waals surface area contributed by atoms with Crippen LogP contribution in [-0.2, 0) is 0 Å². The molecule has 0 saturated heterocycles. The SMILES string of the molecule is Cc1nc(C)c(C2=CNCN2)s1. The molecule has 1 aromatic rings. The molecule has 12 heavy (non-hydrogen) atoms. The van der Waals surface area contributed by atoms with E-state index in [2.05, 4.69) is 15.6 Å². The number of hydrogen-bond donors (Lipinski definition) is 2. The van der Waals surface area contributed by atoms with Gasteiger partial charge in [-0.3, -0.25) is 0 Å². The summed E-state index contributed by atoms with van der Waals surface area (Å²) in [5, 5.41) is 7.48. The Labute approximate surface area is 75.5 Å². The minimum absolute atomic E-state index is 0.825. The standard InChI is InChI=1S/C8H11N3S/c1-5-8(12-6(2)11-5)7-3-9-4-10-7/h3,9-10H,4H2,1-2H3. The van der Waals surface area contributed by atoms with E-state index in [9.17, 15) is 0 Å². The first-order chi connectivity index (χ1) is 5.77. The van der Waals surface area contributed by atoms with Gasteiger partial charge in [0.05, 0.1) is 27.9 Å². The topological polar surface area (TPSA) is 37.0 Å². The van der Waals surface area contributed by atoms with Gasteiger partial charge in [0.25, 0.3) is 0 Å². The van der Waals surface area contributed by atoms with Crippen LogP contribution >= 0.6 is 11.3 Å². The van der Waals surface area contributed by atoms with E-state index in [-0.39, 0.29) is 0 Å². The Kier molecular flexibility index (Phi) is 1.77. The highest BCUT2D eigenvalue weighted by Gasteiger charge is 2.11. The molecule has 2 N–H and O–H groups in total. The number of nitrogens with one attached hydrogen (secondary N) is 2. The van der Waals surface area contributed by atoms with Gasteiger partial charge in [-0.15, -0.1) is 11.3 Å². The van der Waals surface area contributed by atoms with Gasteiger partial charge in [-0.25, -0.2) is 4.98 Å². The number of aryl methyl sites for hydroxylation is 2. The maximum atomic E-state index is 4.37. The molecule has 0 aliphatic carbocycles. The van der Waals surface area contributed by atoms with Crippen LogP contribution in [0.5, 0.6) is 0 Å². The minimum atomic E-state index is 0.825. The van der Waals surface area contributed by atoms with E-state index in [0.29, 0.717) is 0 Å². The van der Waals surface area contributed by atoms with Crippen LogP contribution in [-0.4, -0.2) is 11.7 Å². The molecular formula is C8H11N3S. The maximum absolute atomic E-state index is 4.37. The van der Waals surface area contributed by atoms with E-state index in [1.807, 2.05) is 20.0 Å². The highest BCUT2D eigenvalue weighted by molar-refractivity contribution is 7.12. The second-order valence-electron chi connectivity index (χ2n) is 2.76. The first-order valence-corrected chi connectivity index (χ1v) is 4.71. The normalized spacial score (nSPS) is 15.3. The number of rotatable bonds is 1. The molecule has 0 spiro atoms. The van der Waals surface area contributed by atoms with Crippen molar-refractivity contribution in [2.75, 3.05) is 6.67 Å². The van der Waals surface area contributed by atoms with E-state index in [0.717, 1.165) is 23.1 Å². The molecule has 0 saturated carbocycles. The molecule has 0 amide bonds. The molecular weight excluding hydrogens is 170 g/mol. The summed E-state index contributed by atoms with van der Waals surface area (Å²) in [5.74, 6) is 0. The Bertz CT molecular complexity index is 327. The lowest BCUT2D eigenvalue weighted by Crippen LogP contribution is -2.13. The van der Waals surface area contributed by atoms with Crippen LogP contribution in [0.2, 0.25) is 0 Å². The van der Waals surface area contributed by atoms with Crippen LogP contribution in [0.4, 0.5) is 0 Å². The minimum Gasteiger partial charge on any atom is -0.372 e. The number of thiazole rings is 1.